The van der Waals surface area contributed by atoms with Gasteiger partial charge in [0, 0.05) is 48.7 Å². The number of pyridine rings is 1. The number of hydrogen-bond donors (Lipinski definition) is 0. The second-order valence-corrected chi connectivity index (χ2v) is 12.3. The third-order valence-electron chi connectivity index (χ3n) is 9.20. The number of fused-ring (bicyclic) bond motifs is 1. The van der Waals surface area contributed by atoms with E-state index in [0.717, 1.165) is 72.8 Å². The Kier molecular flexibility index (Phi) is 8.88. The van der Waals surface area contributed by atoms with Crippen molar-refractivity contribution >= 4 is 17.0 Å². The summed E-state index contributed by atoms with van der Waals surface area (Å²) in [5.74, 6) is 0.748. The van der Waals surface area contributed by atoms with Crippen LogP contribution in [0.5, 0.6) is 5.88 Å². The lowest BCUT2D eigenvalue weighted by Crippen LogP contribution is -2.35. The van der Waals surface area contributed by atoms with Gasteiger partial charge in [0.05, 0.1) is 60.2 Å². The smallest absolute Gasteiger partial charge is 0.337 e. The number of imidazole rings is 1. The van der Waals surface area contributed by atoms with Crippen LogP contribution in [0.4, 0.5) is 4.39 Å². The van der Waals surface area contributed by atoms with Crippen molar-refractivity contribution in [2.75, 3.05) is 26.8 Å². The minimum Gasteiger partial charge on any atom is -0.473 e. The standard InChI is InChI=1S/C36H36FN7O4/c1-42-12-10-31(41-42)28-17-26(36(45)46-2)18-32-35(28)40-33(44(32)20-27-11-15-47-27)21-43-13-8-24(9-14-43)30-4-3-5-34(39-30)48-22-25-7-6-23(19-38)16-29(25)37/h3-7,10,12,16-18,24,27H,8-9,11,13-15,20-22H2,1-2H3. The lowest BCUT2D eigenvalue weighted by molar-refractivity contribution is -0.0592. The molecule has 2 aromatic carbocycles. The van der Waals surface area contributed by atoms with E-state index in [9.17, 15) is 9.18 Å². The molecule has 2 aliphatic rings. The van der Waals surface area contributed by atoms with Crippen LogP contribution in [-0.2, 0) is 36.2 Å². The number of likely N-dealkylation sites (tertiary alicyclic amines) is 1. The summed E-state index contributed by atoms with van der Waals surface area (Å²) in [7, 11) is 3.25. The second-order valence-electron chi connectivity index (χ2n) is 12.3. The Morgan fingerprint density at radius 1 is 1.10 bits per heavy atom. The Morgan fingerprint density at radius 3 is 2.62 bits per heavy atom. The zero-order valence-electron chi connectivity index (χ0n) is 26.9. The van der Waals surface area contributed by atoms with Gasteiger partial charge in [-0.05, 0) is 68.8 Å². The van der Waals surface area contributed by atoms with Crippen molar-refractivity contribution in [1.29, 1.82) is 5.26 Å². The van der Waals surface area contributed by atoms with Crippen LogP contribution in [-0.4, -0.2) is 68.1 Å². The largest absolute Gasteiger partial charge is 0.473 e. The second kappa shape index (κ2) is 13.5. The fourth-order valence-electron chi connectivity index (χ4n) is 6.43. The molecule has 0 amide bonds. The molecule has 7 rings (SSSR count). The molecule has 0 bridgehead atoms. The third-order valence-corrected chi connectivity index (χ3v) is 9.20. The van der Waals surface area contributed by atoms with E-state index < -0.39 is 11.8 Å². The SMILES string of the molecule is COC(=O)c1cc(-c2ccn(C)n2)c2nc(CN3CCC(c4cccc(OCc5ccc(C#N)cc5F)n4)CC3)n(CC3CCO3)c2c1. The normalized spacial score (nSPS) is 16.8. The fourth-order valence-corrected chi connectivity index (χ4v) is 6.43. The number of benzene rings is 2. The fraction of sp³-hybridized carbons (Fsp3) is 0.361. The molecule has 2 aliphatic heterocycles. The van der Waals surface area contributed by atoms with Gasteiger partial charge < -0.3 is 18.8 Å². The number of rotatable bonds is 10. The average Bonchev–Trinajstić information content (AvgIpc) is 3.68. The number of aryl methyl sites for hydroxylation is 1. The first-order valence-corrected chi connectivity index (χ1v) is 16.1. The molecule has 2 saturated heterocycles. The summed E-state index contributed by atoms with van der Waals surface area (Å²) in [5, 5.41) is 13.6. The Balaban J connectivity index is 1.08. The Morgan fingerprint density at radius 2 is 1.94 bits per heavy atom. The maximum absolute atomic E-state index is 14.3. The van der Waals surface area contributed by atoms with Crippen LogP contribution >= 0.6 is 0 Å². The van der Waals surface area contributed by atoms with Crippen LogP contribution in [0.2, 0.25) is 0 Å². The van der Waals surface area contributed by atoms with Gasteiger partial charge in [-0.3, -0.25) is 9.58 Å². The van der Waals surface area contributed by atoms with Crippen LogP contribution in [0.3, 0.4) is 0 Å². The van der Waals surface area contributed by atoms with Crippen molar-refractivity contribution in [3.05, 3.63) is 94.8 Å². The Hall–Kier alpha value is -5.12. The van der Waals surface area contributed by atoms with E-state index in [1.54, 1.807) is 22.9 Å². The minimum atomic E-state index is -0.469. The van der Waals surface area contributed by atoms with E-state index in [-0.39, 0.29) is 24.2 Å². The van der Waals surface area contributed by atoms with Gasteiger partial charge in [0.25, 0.3) is 0 Å². The van der Waals surface area contributed by atoms with E-state index in [4.69, 9.17) is 29.4 Å². The van der Waals surface area contributed by atoms with Crippen molar-refractivity contribution in [1.82, 2.24) is 29.2 Å². The van der Waals surface area contributed by atoms with Gasteiger partial charge in [-0.2, -0.15) is 10.4 Å². The number of carbonyl (C=O) groups is 1. The highest BCUT2D eigenvalue weighted by atomic mass is 19.1. The number of methoxy groups -OCH3 is 1. The zero-order chi connectivity index (χ0) is 33.2. The molecular weight excluding hydrogens is 613 g/mol. The van der Waals surface area contributed by atoms with Crippen LogP contribution < -0.4 is 4.74 Å². The molecule has 1 unspecified atom stereocenters. The molecule has 5 aromatic rings. The van der Waals surface area contributed by atoms with E-state index >= 15 is 0 Å². The van der Waals surface area contributed by atoms with Gasteiger partial charge in [-0.15, -0.1) is 0 Å². The first kappa shape index (κ1) is 31.5. The molecule has 5 heterocycles. The molecule has 1 atom stereocenters. The maximum atomic E-state index is 14.3. The predicted octanol–water partition coefficient (Wildman–Crippen LogP) is 5.38. The topological polar surface area (TPSA) is 120 Å². The number of ether oxygens (including phenoxy) is 3. The molecule has 246 valence electrons. The van der Waals surface area contributed by atoms with Crippen molar-refractivity contribution in [3.8, 4) is 23.2 Å². The Bertz CT molecular complexity index is 2000. The van der Waals surface area contributed by atoms with E-state index in [1.165, 1.54) is 13.2 Å². The summed E-state index contributed by atoms with van der Waals surface area (Å²) in [5.41, 5.74) is 5.25. The van der Waals surface area contributed by atoms with Gasteiger partial charge in [0.2, 0.25) is 5.88 Å². The highest BCUT2D eigenvalue weighted by molar-refractivity contribution is 6.00. The molecule has 0 aliphatic carbocycles. The van der Waals surface area contributed by atoms with Gasteiger partial charge in [0.1, 0.15) is 18.2 Å². The molecule has 0 saturated carbocycles. The molecule has 12 heteroatoms. The van der Waals surface area contributed by atoms with E-state index in [0.29, 0.717) is 30.1 Å². The molecule has 2 fully saturated rings. The van der Waals surface area contributed by atoms with E-state index in [1.807, 2.05) is 49.6 Å². The monoisotopic (exact) mass is 649 g/mol. The average molecular weight is 650 g/mol. The summed E-state index contributed by atoms with van der Waals surface area (Å²) in [4.78, 5) is 25.1. The first-order valence-electron chi connectivity index (χ1n) is 16.1. The summed E-state index contributed by atoms with van der Waals surface area (Å²) in [6.45, 7) is 3.80. The molecule has 3 aromatic heterocycles. The Labute approximate surface area is 277 Å². The molecule has 0 radical (unpaired) electrons. The lowest BCUT2D eigenvalue weighted by Gasteiger charge is -2.32. The third kappa shape index (κ3) is 6.52. The highest BCUT2D eigenvalue weighted by Gasteiger charge is 2.28. The van der Waals surface area contributed by atoms with Crippen molar-refractivity contribution in [3.63, 3.8) is 0 Å². The minimum absolute atomic E-state index is 0.0303. The van der Waals surface area contributed by atoms with Gasteiger partial charge in [0.15, 0.2) is 0 Å². The van der Waals surface area contributed by atoms with Gasteiger partial charge in [-0.1, -0.05) is 12.1 Å². The van der Waals surface area contributed by atoms with Gasteiger partial charge in [-0.25, -0.2) is 19.2 Å². The number of nitriles is 1. The highest BCUT2D eigenvalue weighted by Crippen LogP contribution is 2.33. The molecule has 0 N–H and O–H groups in total. The van der Waals surface area contributed by atoms with Crippen molar-refractivity contribution in [2.24, 2.45) is 7.05 Å². The van der Waals surface area contributed by atoms with Crippen molar-refractivity contribution < 1.29 is 23.4 Å². The van der Waals surface area contributed by atoms with Gasteiger partial charge >= 0.3 is 5.97 Å². The number of esters is 1. The molecular formula is C36H36FN7O4. The van der Waals surface area contributed by atoms with Crippen LogP contribution in [0.1, 0.15) is 58.2 Å². The van der Waals surface area contributed by atoms with Crippen molar-refractivity contribution in [2.45, 2.75) is 51.0 Å². The number of hydrogen-bond acceptors (Lipinski definition) is 9. The summed E-state index contributed by atoms with van der Waals surface area (Å²) >= 11 is 0. The summed E-state index contributed by atoms with van der Waals surface area (Å²) in [6.07, 6.45) is 4.78. The number of piperidine rings is 1. The summed E-state index contributed by atoms with van der Waals surface area (Å²) < 4.78 is 35.0. The predicted molar refractivity (Wildman–Crippen MR) is 175 cm³/mol. The molecule has 11 nitrogen and oxygen atoms in total. The quantitative estimate of drug-likeness (QED) is 0.184. The van der Waals surface area contributed by atoms with Crippen LogP contribution in [0, 0.1) is 17.1 Å². The molecule has 48 heavy (non-hydrogen) atoms. The number of nitrogens with zero attached hydrogens (tertiary/aromatic N) is 7. The number of halogens is 1. The summed E-state index contributed by atoms with van der Waals surface area (Å²) in [6, 6.07) is 17.6. The lowest BCUT2D eigenvalue weighted by atomic mass is 9.93. The van der Waals surface area contributed by atoms with Crippen LogP contribution in [0.25, 0.3) is 22.3 Å². The number of aromatic nitrogens is 5. The molecule has 0 spiro atoms. The first-order chi connectivity index (χ1) is 23.4. The number of carbonyl (C=O) groups excluding carboxylic acids is 1. The zero-order valence-corrected chi connectivity index (χ0v) is 26.9. The maximum Gasteiger partial charge on any atom is 0.337 e. The van der Waals surface area contributed by atoms with E-state index in [2.05, 4.69) is 14.6 Å². The van der Waals surface area contributed by atoms with Crippen LogP contribution in [0.15, 0.2) is 60.8 Å².